The second-order valence-corrected chi connectivity index (χ2v) is 22.4. The van der Waals surface area contributed by atoms with Crippen molar-refractivity contribution in [3.63, 3.8) is 0 Å². The third-order valence-corrected chi connectivity index (χ3v) is 14.8. The van der Waals surface area contributed by atoms with Crippen LogP contribution in [0.3, 0.4) is 0 Å². The number of hydrogen-bond donors (Lipinski definition) is 0. The van der Waals surface area contributed by atoms with Crippen LogP contribution in [-0.4, -0.2) is 37.2 Å². The maximum absolute atomic E-state index is 12.9. The largest absolute Gasteiger partial charge is 0.462 e. The summed E-state index contributed by atoms with van der Waals surface area (Å²) in [7, 11) is 0. The number of esters is 3. The lowest BCUT2D eigenvalue weighted by atomic mass is 9.99. The molecule has 1 unspecified atom stereocenters. The molecule has 0 aliphatic heterocycles. The van der Waals surface area contributed by atoms with Gasteiger partial charge in [0.25, 0.3) is 0 Å². The Hall–Kier alpha value is -1.59. The monoisotopic (exact) mass is 975 g/mol. The van der Waals surface area contributed by atoms with Crippen molar-refractivity contribution in [2.24, 2.45) is 11.8 Å². The molecule has 0 aliphatic carbocycles. The van der Waals surface area contributed by atoms with E-state index in [1.807, 2.05) is 0 Å². The van der Waals surface area contributed by atoms with Crippen molar-refractivity contribution in [3.05, 3.63) is 0 Å². The molecule has 0 heterocycles. The van der Waals surface area contributed by atoms with Gasteiger partial charge < -0.3 is 14.2 Å². The standard InChI is InChI=1S/C63H122O6/c1-6-8-9-10-11-12-13-14-15-16-17-23-28-33-38-43-48-53-61(64)67-56-60(69-63(66)55-50-45-40-35-30-25-20-21-26-31-36-41-46-51-58(3)4)57-68-62(65)54-49-44-39-34-29-24-19-18-22-27-32-37-42-47-52-59(5)7-2/h58-60H,6-57H2,1-5H3/t59?,60-/m0/s1. The first-order chi connectivity index (χ1) is 33.8. The molecule has 0 spiro atoms. The molecule has 2 atom stereocenters. The molecular weight excluding hydrogens is 853 g/mol. The Kier molecular flexibility index (Phi) is 54.4. The minimum absolute atomic E-state index is 0.0620. The first-order valence-electron chi connectivity index (χ1n) is 31.3. The van der Waals surface area contributed by atoms with Gasteiger partial charge in [0, 0.05) is 19.3 Å². The van der Waals surface area contributed by atoms with Gasteiger partial charge >= 0.3 is 17.9 Å². The van der Waals surface area contributed by atoms with Crippen molar-refractivity contribution >= 4 is 17.9 Å². The van der Waals surface area contributed by atoms with E-state index in [4.69, 9.17) is 14.2 Å². The number of carbonyl (C=O) groups excluding carboxylic acids is 3. The molecule has 0 rings (SSSR count). The first-order valence-corrected chi connectivity index (χ1v) is 31.3. The highest BCUT2D eigenvalue weighted by molar-refractivity contribution is 5.71. The summed E-state index contributed by atoms with van der Waals surface area (Å²) in [5.41, 5.74) is 0. The predicted molar refractivity (Wildman–Crippen MR) is 298 cm³/mol. The van der Waals surface area contributed by atoms with Crippen LogP contribution in [0.2, 0.25) is 0 Å². The molecule has 69 heavy (non-hydrogen) atoms. The Bertz CT molecular complexity index is 1060. The molecule has 6 heteroatoms. The Morgan fingerprint density at radius 1 is 0.304 bits per heavy atom. The van der Waals surface area contributed by atoms with E-state index in [2.05, 4.69) is 34.6 Å². The average molecular weight is 976 g/mol. The molecular formula is C63H122O6. The highest BCUT2D eigenvalue weighted by Crippen LogP contribution is 2.19. The Balaban J connectivity index is 4.30. The molecule has 6 nitrogen and oxygen atoms in total. The van der Waals surface area contributed by atoms with Gasteiger partial charge in [0.1, 0.15) is 13.2 Å². The summed E-state index contributed by atoms with van der Waals surface area (Å²) in [6.45, 7) is 11.5. The van der Waals surface area contributed by atoms with E-state index < -0.39 is 6.10 Å². The molecule has 0 amide bonds. The summed E-state index contributed by atoms with van der Waals surface area (Å²) in [6.07, 6.45) is 60.9. The molecule has 0 aromatic carbocycles. The van der Waals surface area contributed by atoms with E-state index in [9.17, 15) is 14.4 Å². The minimum atomic E-state index is -0.763. The molecule has 0 aliphatic rings. The van der Waals surface area contributed by atoms with Crippen LogP contribution >= 0.6 is 0 Å². The number of ether oxygens (including phenoxy) is 3. The second-order valence-electron chi connectivity index (χ2n) is 22.4. The highest BCUT2D eigenvalue weighted by Gasteiger charge is 2.19. The average Bonchev–Trinajstić information content (AvgIpc) is 3.34. The lowest BCUT2D eigenvalue weighted by molar-refractivity contribution is -0.167. The summed E-state index contributed by atoms with van der Waals surface area (Å²) in [6, 6.07) is 0. The van der Waals surface area contributed by atoms with Gasteiger partial charge in [-0.15, -0.1) is 0 Å². The third-order valence-electron chi connectivity index (χ3n) is 14.8. The summed E-state index contributed by atoms with van der Waals surface area (Å²) in [4.78, 5) is 38.3. The fourth-order valence-electron chi connectivity index (χ4n) is 9.73. The minimum Gasteiger partial charge on any atom is -0.462 e. The van der Waals surface area contributed by atoms with Crippen molar-refractivity contribution in [3.8, 4) is 0 Å². The quantitative estimate of drug-likeness (QED) is 0.0343. The van der Waals surface area contributed by atoms with Gasteiger partial charge in [-0.25, -0.2) is 0 Å². The van der Waals surface area contributed by atoms with Gasteiger partial charge in [0.05, 0.1) is 0 Å². The Labute approximate surface area is 431 Å². The van der Waals surface area contributed by atoms with Crippen LogP contribution < -0.4 is 0 Å². The van der Waals surface area contributed by atoms with Gasteiger partial charge in [-0.2, -0.15) is 0 Å². The predicted octanol–water partition coefficient (Wildman–Crippen LogP) is 20.8. The molecule has 0 fully saturated rings. The zero-order chi connectivity index (χ0) is 50.4. The molecule has 0 aromatic rings. The lowest BCUT2D eigenvalue weighted by Crippen LogP contribution is -2.30. The molecule has 0 bridgehead atoms. The van der Waals surface area contributed by atoms with E-state index >= 15 is 0 Å². The normalized spacial score (nSPS) is 12.4. The van der Waals surface area contributed by atoms with Crippen molar-refractivity contribution in [1.29, 1.82) is 0 Å². The molecule has 0 aromatic heterocycles. The SMILES string of the molecule is CCCCCCCCCCCCCCCCCCCC(=O)OC[C@@H](COC(=O)CCCCCCCCCCCCCCCCC(C)CC)OC(=O)CCCCCCCCCCCCCCCC(C)C. The van der Waals surface area contributed by atoms with Crippen molar-refractivity contribution in [2.45, 2.75) is 362 Å². The molecule has 0 N–H and O–H groups in total. The van der Waals surface area contributed by atoms with Crippen molar-refractivity contribution < 1.29 is 28.6 Å². The Morgan fingerprint density at radius 2 is 0.551 bits per heavy atom. The van der Waals surface area contributed by atoms with Crippen molar-refractivity contribution in [1.82, 2.24) is 0 Å². The van der Waals surface area contributed by atoms with Gasteiger partial charge in [-0.3, -0.25) is 14.4 Å². The van der Waals surface area contributed by atoms with E-state index in [1.54, 1.807) is 0 Å². The molecule has 410 valence electrons. The van der Waals surface area contributed by atoms with Crippen LogP contribution in [0.25, 0.3) is 0 Å². The van der Waals surface area contributed by atoms with Gasteiger partial charge in [0.2, 0.25) is 0 Å². The van der Waals surface area contributed by atoms with Crippen LogP contribution in [0.4, 0.5) is 0 Å². The maximum atomic E-state index is 12.9. The number of rotatable bonds is 57. The van der Waals surface area contributed by atoms with Crippen molar-refractivity contribution in [2.75, 3.05) is 13.2 Å². The number of carbonyl (C=O) groups is 3. The molecule has 0 saturated heterocycles. The van der Waals surface area contributed by atoms with E-state index in [0.717, 1.165) is 69.6 Å². The number of hydrogen-bond acceptors (Lipinski definition) is 6. The Morgan fingerprint density at radius 3 is 0.826 bits per heavy atom. The summed E-state index contributed by atoms with van der Waals surface area (Å²) in [5.74, 6) is 0.901. The highest BCUT2D eigenvalue weighted by atomic mass is 16.6. The third kappa shape index (κ3) is 55.6. The number of unbranched alkanes of at least 4 members (excludes halogenated alkanes) is 41. The smallest absolute Gasteiger partial charge is 0.306 e. The van der Waals surface area contributed by atoms with Gasteiger partial charge in [0.15, 0.2) is 6.10 Å². The molecule has 0 radical (unpaired) electrons. The van der Waals surface area contributed by atoms with E-state index in [-0.39, 0.29) is 31.1 Å². The fraction of sp³-hybridized carbons (Fsp3) is 0.952. The van der Waals surface area contributed by atoms with Crippen LogP contribution in [0.15, 0.2) is 0 Å². The van der Waals surface area contributed by atoms with Gasteiger partial charge in [-0.05, 0) is 31.1 Å². The van der Waals surface area contributed by atoms with E-state index in [1.165, 1.54) is 244 Å². The van der Waals surface area contributed by atoms with Crippen LogP contribution in [-0.2, 0) is 28.6 Å². The van der Waals surface area contributed by atoms with Crippen LogP contribution in [0.1, 0.15) is 356 Å². The van der Waals surface area contributed by atoms with Gasteiger partial charge in [-0.1, -0.05) is 317 Å². The van der Waals surface area contributed by atoms with Crippen LogP contribution in [0.5, 0.6) is 0 Å². The second kappa shape index (κ2) is 55.7. The fourth-order valence-corrected chi connectivity index (χ4v) is 9.73. The lowest BCUT2D eigenvalue weighted by Gasteiger charge is -2.18. The topological polar surface area (TPSA) is 78.9 Å². The summed E-state index contributed by atoms with van der Waals surface area (Å²) < 4.78 is 17.0. The zero-order valence-electron chi connectivity index (χ0n) is 47.5. The molecule has 0 saturated carbocycles. The first kappa shape index (κ1) is 67.4. The summed E-state index contributed by atoms with van der Waals surface area (Å²) >= 11 is 0. The van der Waals surface area contributed by atoms with Crippen LogP contribution in [0, 0.1) is 11.8 Å². The maximum Gasteiger partial charge on any atom is 0.306 e. The van der Waals surface area contributed by atoms with E-state index in [0.29, 0.717) is 19.3 Å². The summed E-state index contributed by atoms with van der Waals surface area (Å²) in [5, 5.41) is 0. The zero-order valence-corrected chi connectivity index (χ0v) is 47.5.